The molecule has 0 saturated heterocycles. The molecule has 0 aliphatic carbocycles. The zero-order valence-electron chi connectivity index (χ0n) is 8.04. The zero-order chi connectivity index (χ0) is 9.84. The van der Waals surface area contributed by atoms with Gasteiger partial charge in [0.1, 0.15) is 0 Å². The molecule has 1 aromatic heterocycles. The Balaban J connectivity index is 2.99. The van der Waals surface area contributed by atoms with Gasteiger partial charge in [-0.05, 0) is 41.4 Å². The Morgan fingerprint density at radius 3 is 2.77 bits per heavy atom. The summed E-state index contributed by atoms with van der Waals surface area (Å²) in [5.74, 6) is 0.815. The number of aryl methyl sites for hydroxylation is 1. The van der Waals surface area contributed by atoms with Gasteiger partial charge >= 0.3 is 0 Å². The minimum absolute atomic E-state index is 0.769. The number of rotatable bonds is 3. The lowest BCUT2D eigenvalue weighted by atomic mass is 10.3. The van der Waals surface area contributed by atoms with E-state index in [9.17, 15) is 0 Å². The summed E-state index contributed by atoms with van der Waals surface area (Å²) in [6.07, 6.45) is 1.82. The van der Waals surface area contributed by atoms with Crippen molar-refractivity contribution in [3.63, 3.8) is 0 Å². The summed E-state index contributed by atoms with van der Waals surface area (Å²) in [7, 11) is 1.64. The number of hydrogen-bond donors (Lipinski definition) is 0. The van der Waals surface area contributed by atoms with Gasteiger partial charge in [-0.1, -0.05) is 0 Å². The number of hydroxylamine groups is 1. The van der Waals surface area contributed by atoms with E-state index in [1.807, 2.05) is 26.1 Å². The largest absolute Gasteiger partial charge is 0.275 e. The smallest absolute Gasteiger partial charge is 0.166 e. The summed E-state index contributed by atoms with van der Waals surface area (Å²) in [5.41, 5.74) is 1.13. The molecule has 3 nitrogen and oxygen atoms in total. The lowest BCUT2D eigenvalue weighted by Crippen LogP contribution is -2.22. The average Bonchev–Trinajstić information content (AvgIpc) is 2.10. The van der Waals surface area contributed by atoms with Crippen LogP contribution in [0.1, 0.15) is 12.5 Å². The fourth-order valence-electron chi connectivity index (χ4n) is 1.08. The van der Waals surface area contributed by atoms with Crippen LogP contribution in [-0.4, -0.2) is 18.6 Å². The van der Waals surface area contributed by atoms with Crippen LogP contribution in [-0.2, 0) is 4.84 Å². The standard InChI is InChI=1S/C9H13BrN2O/c1-4-12(13-3)9-8(10)5-7(2)6-11-9/h5-6H,4H2,1-3H3. The summed E-state index contributed by atoms with van der Waals surface area (Å²) >= 11 is 3.45. The molecule has 0 spiro atoms. The van der Waals surface area contributed by atoms with E-state index < -0.39 is 0 Å². The number of halogens is 1. The number of nitrogens with zero attached hydrogens (tertiary/aromatic N) is 2. The Hall–Kier alpha value is -0.610. The van der Waals surface area contributed by atoms with Crippen molar-refractivity contribution < 1.29 is 4.84 Å². The van der Waals surface area contributed by atoms with Crippen molar-refractivity contribution in [2.75, 3.05) is 18.7 Å². The van der Waals surface area contributed by atoms with E-state index in [0.717, 1.165) is 22.4 Å². The first-order chi connectivity index (χ1) is 6.19. The lowest BCUT2D eigenvalue weighted by molar-refractivity contribution is 0.168. The minimum atomic E-state index is 0.769. The number of aromatic nitrogens is 1. The molecular formula is C9H13BrN2O. The van der Waals surface area contributed by atoms with Crippen LogP contribution < -0.4 is 5.06 Å². The molecular weight excluding hydrogens is 232 g/mol. The Morgan fingerprint density at radius 1 is 1.62 bits per heavy atom. The Bertz CT molecular complexity index is 287. The van der Waals surface area contributed by atoms with Crippen molar-refractivity contribution in [2.45, 2.75) is 13.8 Å². The lowest BCUT2D eigenvalue weighted by Gasteiger charge is -2.19. The molecule has 72 valence electrons. The van der Waals surface area contributed by atoms with Crippen LogP contribution in [0.3, 0.4) is 0 Å². The van der Waals surface area contributed by atoms with E-state index in [2.05, 4.69) is 20.9 Å². The molecule has 0 aliphatic heterocycles. The molecule has 0 amide bonds. The highest BCUT2D eigenvalue weighted by Gasteiger charge is 2.08. The molecule has 0 aromatic carbocycles. The van der Waals surface area contributed by atoms with Gasteiger partial charge in [-0.2, -0.15) is 0 Å². The van der Waals surface area contributed by atoms with Crippen LogP contribution >= 0.6 is 15.9 Å². The Labute approximate surface area is 86.8 Å². The Kier molecular flexibility index (Phi) is 3.69. The van der Waals surface area contributed by atoms with Gasteiger partial charge in [0.05, 0.1) is 11.6 Å². The zero-order valence-corrected chi connectivity index (χ0v) is 9.63. The van der Waals surface area contributed by atoms with Gasteiger partial charge in [0.2, 0.25) is 0 Å². The summed E-state index contributed by atoms with van der Waals surface area (Å²) in [6, 6.07) is 2.02. The fraction of sp³-hybridized carbons (Fsp3) is 0.444. The topological polar surface area (TPSA) is 25.4 Å². The number of pyridine rings is 1. The van der Waals surface area contributed by atoms with Crippen LogP contribution in [0.4, 0.5) is 5.82 Å². The molecule has 0 unspecified atom stereocenters. The molecule has 1 heterocycles. The van der Waals surface area contributed by atoms with Crippen LogP contribution in [0.2, 0.25) is 0 Å². The molecule has 0 saturated carbocycles. The SMILES string of the molecule is CCN(OC)c1ncc(C)cc1Br. The van der Waals surface area contributed by atoms with Gasteiger partial charge < -0.3 is 0 Å². The molecule has 13 heavy (non-hydrogen) atoms. The maximum Gasteiger partial charge on any atom is 0.166 e. The van der Waals surface area contributed by atoms with Gasteiger partial charge in [-0.3, -0.25) is 4.84 Å². The summed E-state index contributed by atoms with van der Waals surface area (Å²) < 4.78 is 0.955. The van der Waals surface area contributed by atoms with Crippen molar-refractivity contribution in [2.24, 2.45) is 0 Å². The molecule has 0 atom stereocenters. The molecule has 0 aliphatic rings. The fourth-order valence-corrected chi connectivity index (χ4v) is 1.74. The summed E-state index contributed by atoms with van der Waals surface area (Å²) in [5, 5.41) is 1.73. The highest BCUT2D eigenvalue weighted by molar-refractivity contribution is 9.10. The van der Waals surface area contributed by atoms with Gasteiger partial charge in [0.25, 0.3) is 0 Å². The van der Waals surface area contributed by atoms with Crippen LogP contribution in [0.5, 0.6) is 0 Å². The van der Waals surface area contributed by atoms with E-state index in [1.54, 1.807) is 12.2 Å². The second-order valence-corrected chi connectivity index (χ2v) is 3.55. The van der Waals surface area contributed by atoms with Gasteiger partial charge in [0.15, 0.2) is 5.82 Å². The summed E-state index contributed by atoms with van der Waals surface area (Å²) in [6.45, 7) is 4.78. The molecule has 0 bridgehead atoms. The third kappa shape index (κ3) is 2.42. The van der Waals surface area contributed by atoms with E-state index in [-0.39, 0.29) is 0 Å². The second kappa shape index (κ2) is 4.58. The first-order valence-corrected chi connectivity index (χ1v) is 4.92. The highest BCUT2D eigenvalue weighted by Crippen LogP contribution is 2.24. The van der Waals surface area contributed by atoms with Crippen LogP contribution in [0.25, 0.3) is 0 Å². The maximum atomic E-state index is 5.15. The third-order valence-electron chi connectivity index (χ3n) is 1.70. The van der Waals surface area contributed by atoms with E-state index in [1.165, 1.54) is 0 Å². The van der Waals surface area contributed by atoms with Crippen molar-refractivity contribution in [1.82, 2.24) is 4.98 Å². The van der Waals surface area contributed by atoms with Gasteiger partial charge in [-0.25, -0.2) is 10.0 Å². The minimum Gasteiger partial charge on any atom is -0.275 e. The molecule has 4 heteroatoms. The van der Waals surface area contributed by atoms with Crippen molar-refractivity contribution in [3.8, 4) is 0 Å². The quantitative estimate of drug-likeness (QED) is 0.765. The van der Waals surface area contributed by atoms with E-state index in [4.69, 9.17) is 4.84 Å². The molecule has 0 fully saturated rings. The van der Waals surface area contributed by atoms with Gasteiger partial charge in [-0.15, -0.1) is 0 Å². The monoisotopic (exact) mass is 244 g/mol. The number of hydrogen-bond acceptors (Lipinski definition) is 3. The highest BCUT2D eigenvalue weighted by atomic mass is 79.9. The van der Waals surface area contributed by atoms with Crippen LogP contribution in [0, 0.1) is 6.92 Å². The number of anilines is 1. The van der Waals surface area contributed by atoms with Crippen molar-refractivity contribution >= 4 is 21.7 Å². The summed E-state index contributed by atoms with van der Waals surface area (Å²) in [4.78, 5) is 9.42. The second-order valence-electron chi connectivity index (χ2n) is 2.70. The van der Waals surface area contributed by atoms with Crippen molar-refractivity contribution in [1.29, 1.82) is 0 Å². The predicted octanol–water partition coefficient (Wildman–Crippen LogP) is 2.54. The van der Waals surface area contributed by atoms with Crippen molar-refractivity contribution in [3.05, 3.63) is 22.3 Å². The maximum absolute atomic E-state index is 5.15. The predicted molar refractivity (Wildman–Crippen MR) is 56.7 cm³/mol. The molecule has 1 aromatic rings. The van der Waals surface area contributed by atoms with Crippen LogP contribution in [0.15, 0.2) is 16.7 Å². The first kappa shape index (κ1) is 10.5. The molecule has 0 N–H and O–H groups in total. The van der Waals surface area contributed by atoms with Gasteiger partial charge in [0, 0.05) is 12.7 Å². The molecule has 1 rings (SSSR count). The Morgan fingerprint density at radius 2 is 2.31 bits per heavy atom. The molecule has 0 radical (unpaired) electrons. The van der Waals surface area contributed by atoms with E-state index in [0.29, 0.717) is 0 Å². The third-order valence-corrected chi connectivity index (χ3v) is 2.29. The average molecular weight is 245 g/mol. The van der Waals surface area contributed by atoms with E-state index >= 15 is 0 Å². The first-order valence-electron chi connectivity index (χ1n) is 4.12. The normalized spacial score (nSPS) is 10.2.